The summed E-state index contributed by atoms with van der Waals surface area (Å²) in [6.45, 7) is 15.3. The van der Waals surface area contributed by atoms with Gasteiger partial charge in [0, 0.05) is 22.5 Å². The maximum Gasteiger partial charge on any atom is 0.0726 e. The Morgan fingerprint density at radius 2 is 1.18 bits per heavy atom. The molecule has 0 N–H and O–H groups in total. The van der Waals surface area contributed by atoms with Gasteiger partial charge in [0.15, 0.2) is 0 Å². The zero-order valence-corrected chi connectivity index (χ0v) is 35.5. The average Bonchev–Trinajstić information content (AvgIpc) is 4.02. The van der Waals surface area contributed by atoms with E-state index in [-0.39, 0.29) is 5.41 Å². The van der Waals surface area contributed by atoms with Crippen LogP contribution in [0.25, 0.3) is 33.4 Å². The number of benzene rings is 6. The van der Waals surface area contributed by atoms with Gasteiger partial charge >= 0.3 is 0 Å². The summed E-state index contributed by atoms with van der Waals surface area (Å²) in [4.78, 5) is 2.50. The Labute approximate surface area is 356 Å². The third-order valence-electron chi connectivity index (χ3n) is 14.1. The van der Waals surface area contributed by atoms with Gasteiger partial charge in [0.05, 0.1) is 5.41 Å². The minimum atomic E-state index is -0.503. The molecule has 0 amide bonds. The van der Waals surface area contributed by atoms with Crippen LogP contribution < -0.4 is 4.90 Å². The third-order valence-corrected chi connectivity index (χ3v) is 14.1. The number of hydrogen-bond acceptors (Lipinski definition) is 1. The van der Waals surface area contributed by atoms with E-state index >= 15 is 0 Å². The minimum Gasteiger partial charge on any atom is -0.310 e. The summed E-state index contributed by atoms with van der Waals surface area (Å²) in [6, 6.07) is 48.6. The van der Waals surface area contributed by atoms with Crippen LogP contribution in [-0.4, -0.2) is 0 Å². The van der Waals surface area contributed by atoms with Crippen molar-refractivity contribution in [2.24, 2.45) is 0 Å². The van der Waals surface area contributed by atoms with Crippen LogP contribution in [0.4, 0.5) is 17.1 Å². The molecule has 0 radical (unpaired) electrons. The molecule has 4 aliphatic carbocycles. The van der Waals surface area contributed by atoms with Crippen LogP contribution in [0, 0.1) is 19.3 Å². The van der Waals surface area contributed by atoms with E-state index in [2.05, 4.69) is 198 Å². The normalized spacial score (nSPS) is 16.5. The van der Waals surface area contributed by atoms with Crippen molar-refractivity contribution >= 4 is 28.2 Å². The van der Waals surface area contributed by atoms with Crippen molar-refractivity contribution in [2.45, 2.75) is 71.1 Å². The molecule has 6 aromatic rings. The van der Waals surface area contributed by atoms with Gasteiger partial charge < -0.3 is 4.90 Å². The molecule has 2 spiro atoms. The van der Waals surface area contributed by atoms with Crippen LogP contribution >= 0.6 is 0 Å². The van der Waals surface area contributed by atoms with E-state index in [1.165, 1.54) is 109 Å². The molecule has 1 saturated carbocycles. The van der Waals surface area contributed by atoms with Gasteiger partial charge in [-0.3, -0.25) is 0 Å². The van der Waals surface area contributed by atoms with E-state index in [9.17, 15) is 0 Å². The summed E-state index contributed by atoms with van der Waals surface area (Å²) in [5, 5.41) is 0. The number of terminal acetylenes is 1. The SMILES string of the molecule is C#CC=C(C(C)=CC)c1ccc(N(c2ccc3c(c2)C2(CCCC2)c2ccccc2-3)c2ccc3c(c2)C2(C(C=CC)=C3C(=C)C)c3ccccc3-c3ccccc32)cc1C. The van der Waals surface area contributed by atoms with Crippen LogP contribution in [0.3, 0.4) is 0 Å². The quantitative estimate of drug-likeness (QED) is 0.115. The van der Waals surface area contributed by atoms with Crippen LogP contribution in [0.2, 0.25) is 0 Å². The van der Waals surface area contributed by atoms with E-state index in [4.69, 9.17) is 6.42 Å². The molecule has 1 heteroatoms. The van der Waals surface area contributed by atoms with E-state index in [0.717, 1.165) is 28.1 Å². The molecular formula is C59H51N. The summed E-state index contributed by atoms with van der Waals surface area (Å²) in [5.74, 6) is 2.81. The number of hydrogen-bond donors (Lipinski definition) is 0. The molecule has 0 saturated heterocycles. The summed E-state index contributed by atoms with van der Waals surface area (Å²) < 4.78 is 0. The molecule has 0 bridgehead atoms. The fourth-order valence-corrected chi connectivity index (χ4v) is 11.6. The lowest BCUT2D eigenvalue weighted by molar-refractivity contribution is 0.550. The Balaban J connectivity index is 1.24. The van der Waals surface area contributed by atoms with Crippen molar-refractivity contribution in [3.8, 4) is 34.6 Å². The van der Waals surface area contributed by atoms with Crippen LogP contribution in [0.15, 0.2) is 175 Å². The highest BCUT2D eigenvalue weighted by molar-refractivity contribution is 6.00. The molecule has 0 aliphatic heterocycles. The topological polar surface area (TPSA) is 3.24 Å². The Bertz CT molecular complexity index is 2920. The Morgan fingerprint density at radius 1 is 0.650 bits per heavy atom. The van der Waals surface area contributed by atoms with Crippen molar-refractivity contribution < 1.29 is 0 Å². The van der Waals surface area contributed by atoms with Gasteiger partial charge in [-0.2, -0.15) is 0 Å². The van der Waals surface area contributed by atoms with E-state index in [1.807, 2.05) is 6.08 Å². The molecule has 0 heterocycles. The van der Waals surface area contributed by atoms with Gasteiger partial charge in [-0.1, -0.05) is 140 Å². The molecule has 4 aliphatic rings. The van der Waals surface area contributed by atoms with Crippen molar-refractivity contribution in [1.82, 2.24) is 0 Å². The molecule has 0 aromatic heterocycles. The monoisotopic (exact) mass is 773 g/mol. The maximum absolute atomic E-state index is 5.90. The van der Waals surface area contributed by atoms with Gasteiger partial charge in [-0.15, -0.1) is 6.42 Å². The van der Waals surface area contributed by atoms with Crippen LogP contribution in [0.1, 0.15) is 97.9 Å². The second kappa shape index (κ2) is 14.3. The molecule has 6 aromatic carbocycles. The highest BCUT2D eigenvalue weighted by Crippen LogP contribution is 2.64. The molecule has 1 nitrogen and oxygen atoms in total. The van der Waals surface area contributed by atoms with Crippen molar-refractivity contribution in [1.29, 1.82) is 0 Å². The number of nitrogens with zero attached hydrogens (tertiary/aromatic N) is 1. The number of fused-ring (bicyclic) bond motifs is 12. The van der Waals surface area contributed by atoms with Crippen molar-refractivity contribution in [3.63, 3.8) is 0 Å². The van der Waals surface area contributed by atoms with Gasteiger partial charge in [-0.05, 0) is 179 Å². The first-order chi connectivity index (χ1) is 29.3. The Kier molecular flexibility index (Phi) is 8.96. The molecule has 292 valence electrons. The number of aryl methyl sites for hydroxylation is 1. The van der Waals surface area contributed by atoms with Crippen molar-refractivity contribution in [2.75, 3.05) is 4.90 Å². The van der Waals surface area contributed by atoms with Crippen LogP contribution in [0.5, 0.6) is 0 Å². The standard InChI is InChI=1S/C59H51N/c1-8-19-44(39(6)10-3)45-30-27-41(35-40(45)7)60(42-28-31-49-46-21-11-14-24-51(46)58(55(49)36-42)33-17-18-34-58)43-29-32-50-56(37-43)59(54(20-9-2)57(50)38(4)5)52-25-15-12-22-47(52)48-23-13-16-26-53(48)59/h1,9-16,19-32,35-37H,4,17-18,33-34H2,2-3,5-7H3. The first-order valence-electron chi connectivity index (χ1n) is 21.6. The van der Waals surface area contributed by atoms with E-state index in [0.29, 0.717) is 0 Å². The first kappa shape index (κ1) is 37.6. The third kappa shape index (κ3) is 5.20. The fraction of sp³-hybridized carbons (Fsp3) is 0.186. The minimum absolute atomic E-state index is 0.0489. The predicted molar refractivity (Wildman–Crippen MR) is 255 cm³/mol. The number of allylic oxidation sites excluding steroid dienone is 9. The van der Waals surface area contributed by atoms with Gasteiger partial charge in [0.25, 0.3) is 0 Å². The number of anilines is 3. The lowest BCUT2D eigenvalue weighted by Gasteiger charge is -2.34. The van der Waals surface area contributed by atoms with E-state index < -0.39 is 5.41 Å². The zero-order valence-electron chi connectivity index (χ0n) is 35.5. The molecular weight excluding hydrogens is 723 g/mol. The lowest BCUT2D eigenvalue weighted by Crippen LogP contribution is -2.27. The smallest absolute Gasteiger partial charge is 0.0726 e. The predicted octanol–water partition coefficient (Wildman–Crippen LogP) is 15.5. The van der Waals surface area contributed by atoms with Gasteiger partial charge in [0.1, 0.15) is 0 Å². The van der Waals surface area contributed by atoms with Gasteiger partial charge in [-0.25, -0.2) is 0 Å². The molecule has 1 fully saturated rings. The average molecular weight is 774 g/mol. The highest BCUT2D eigenvalue weighted by atomic mass is 15.1. The highest BCUT2D eigenvalue weighted by Gasteiger charge is 2.52. The molecule has 0 atom stereocenters. The summed E-state index contributed by atoms with van der Waals surface area (Å²) in [7, 11) is 0. The summed E-state index contributed by atoms with van der Waals surface area (Å²) in [6.07, 6.45) is 19.4. The first-order valence-corrected chi connectivity index (χ1v) is 21.6. The van der Waals surface area contributed by atoms with Crippen LogP contribution in [-0.2, 0) is 10.8 Å². The van der Waals surface area contributed by atoms with E-state index in [1.54, 1.807) is 0 Å². The largest absolute Gasteiger partial charge is 0.310 e. The number of rotatable bonds is 7. The maximum atomic E-state index is 5.90. The molecule has 0 unspecified atom stereocenters. The molecule has 10 rings (SSSR count). The summed E-state index contributed by atoms with van der Waals surface area (Å²) in [5.41, 5.74) is 24.7. The second-order valence-corrected chi connectivity index (χ2v) is 17.2. The fourth-order valence-electron chi connectivity index (χ4n) is 11.6. The van der Waals surface area contributed by atoms with Gasteiger partial charge in [0.2, 0.25) is 0 Å². The second-order valence-electron chi connectivity index (χ2n) is 17.2. The Hall–Kier alpha value is -6.62. The van der Waals surface area contributed by atoms with Crippen molar-refractivity contribution in [3.05, 3.63) is 220 Å². The Morgan fingerprint density at radius 3 is 1.77 bits per heavy atom. The molecule has 60 heavy (non-hydrogen) atoms. The summed E-state index contributed by atoms with van der Waals surface area (Å²) >= 11 is 0. The lowest BCUT2D eigenvalue weighted by atomic mass is 9.69. The zero-order chi connectivity index (χ0) is 41.3.